The summed E-state index contributed by atoms with van der Waals surface area (Å²) in [6.07, 6.45) is 3.60. The molecule has 0 fully saturated rings. The second-order valence-corrected chi connectivity index (χ2v) is 7.58. The van der Waals surface area contributed by atoms with Crippen LogP contribution in [0.5, 0.6) is 0 Å². The Labute approximate surface area is 180 Å². The van der Waals surface area contributed by atoms with Gasteiger partial charge in [0.2, 0.25) is 0 Å². The molecule has 6 nitrogen and oxygen atoms in total. The van der Waals surface area contributed by atoms with Gasteiger partial charge in [-0.3, -0.25) is 10.0 Å². The topological polar surface area (TPSA) is 81.2 Å². The van der Waals surface area contributed by atoms with Gasteiger partial charge < -0.3 is 9.88 Å². The van der Waals surface area contributed by atoms with Gasteiger partial charge in [-0.1, -0.05) is 42.5 Å². The molecule has 0 aliphatic heterocycles. The molecular weight excluding hydrogens is 388 g/mol. The number of hydroxylamine groups is 1. The first kappa shape index (κ1) is 20.4. The summed E-state index contributed by atoms with van der Waals surface area (Å²) in [6, 6.07) is 22.6. The third kappa shape index (κ3) is 4.82. The number of nitrogens with zero attached hydrogens (tertiary/aromatic N) is 2. The fraction of sp³-hybridized carbons (Fsp3) is 0.120. The van der Waals surface area contributed by atoms with Crippen LogP contribution in [-0.4, -0.2) is 35.2 Å². The number of carbonyl (C=O) groups is 1. The lowest BCUT2D eigenvalue weighted by Gasteiger charge is -2.12. The third-order valence-electron chi connectivity index (χ3n) is 5.14. The number of H-pyrrole nitrogens is 1. The van der Waals surface area contributed by atoms with Crippen LogP contribution >= 0.6 is 0 Å². The van der Waals surface area contributed by atoms with E-state index in [1.165, 1.54) is 17.3 Å². The minimum absolute atomic E-state index is 0.556. The smallest absolute Gasteiger partial charge is 0.267 e. The van der Waals surface area contributed by atoms with E-state index in [-0.39, 0.29) is 0 Å². The van der Waals surface area contributed by atoms with Crippen molar-refractivity contribution in [3.8, 4) is 11.1 Å². The van der Waals surface area contributed by atoms with E-state index in [9.17, 15) is 4.79 Å². The highest BCUT2D eigenvalue weighted by Gasteiger charge is 2.07. The molecule has 31 heavy (non-hydrogen) atoms. The van der Waals surface area contributed by atoms with Gasteiger partial charge in [-0.15, -0.1) is 0 Å². The largest absolute Gasteiger partial charge is 0.378 e. The number of amides is 1. The van der Waals surface area contributed by atoms with Gasteiger partial charge in [-0.05, 0) is 52.6 Å². The van der Waals surface area contributed by atoms with Crippen LogP contribution in [-0.2, 0) is 11.2 Å². The summed E-state index contributed by atoms with van der Waals surface area (Å²) in [5.74, 6) is 0.345. The lowest BCUT2D eigenvalue weighted by molar-refractivity contribution is -0.124. The highest BCUT2D eigenvalue weighted by Crippen LogP contribution is 2.26. The normalized spacial score (nSPS) is 11.2. The average Bonchev–Trinajstić information content (AvgIpc) is 3.19. The number of fused-ring (bicyclic) bond motifs is 1. The first-order valence-corrected chi connectivity index (χ1v) is 9.99. The van der Waals surface area contributed by atoms with E-state index in [2.05, 4.69) is 46.3 Å². The van der Waals surface area contributed by atoms with Crippen molar-refractivity contribution in [2.24, 2.45) is 0 Å². The maximum atomic E-state index is 11.1. The number of anilines is 1. The molecule has 0 saturated carbocycles. The van der Waals surface area contributed by atoms with Crippen LogP contribution in [0.15, 0.2) is 72.8 Å². The number of hydrogen-bond donors (Lipinski definition) is 3. The Morgan fingerprint density at radius 2 is 1.74 bits per heavy atom. The first-order chi connectivity index (χ1) is 15.0. The number of hydrogen-bond acceptors (Lipinski definition) is 4. The maximum absolute atomic E-state index is 11.1. The average molecular weight is 412 g/mol. The summed E-state index contributed by atoms with van der Waals surface area (Å²) >= 11 is 0. The molecule has 0 unspecified atom stereocenters. The molecule has 1 aromatic heterocycles. The Balaban J connectivity index is 1.50. The highest BCUT2D eigenvalue weighted by atomic mass is 16.5. The fourth-order valence-electron chi connectivity index (χ4n) is 3.43. The van der Waals surface area contributed by atoms with E-state index in [0.29, 0.717) is 6.42 Å². The van der Waals surface area contributed by atoms with Crippen LogP contribution < -0.4 is 10.4 Å². The summed E-state index contributed by atoms with van der Waals surface area (Å²) in [7, 11) is 4.07. The molecule has 1 heterocycles. The molecule has 3 N–H and O–H groups in total. The van der Waals surface area contributed by atoms with Crippen LogP contribution in [0.25, 0.3) is 28.2 Å². The molecule has 1 amide bonds. The quantitative estimate of drug-likeness (QED) is 0.249. The molecule has 0 aliphatic carbocycles. The molecule has 3 aromatic carbocycles. The zero-order valence-electron chi connectivity index (χ0n) is 17.5. The molecule has 4 rings (SSSR count). The molecule has 156 valence electrons. The van der Waals surface area contributed by atoms with E-state index >= 15 is 0 Å². The number of aromatic nitrogens is 2. The van der Waals surface area contributed by atoms with Crippen molar-refractivity contribution in [1.29, 1.82) is 0 Å². The molecule has 6 heteroatoms. The van der Waals surface area contributed by atoms with Crippen molar-refractivity contribution >= 4 is 28.7 Å². The predicted octanol–water partition coefficient (Wildman–Crippen LogP) is 4.41. The van der Waals surface area contributed by atoms with E-state index < -0.39 is 5.91 Å². The fourth-order valence-corrected chi connectivity index (χ4v) is 3.43. The van der Waals surface area contributed by atoms with Crippen molar-refractivity contribution in [3.63, 3.8) is 0 Å². The molecule has 4 aromatic rings. The number of aromatic amines is 1. The van der Waals surface area contributed by atoms with Gasteiger partial charge in [0.15, 0.2) is 0 Å². The Hall–Kier alpha value is -3.90. The molecular formula is C25H24N4O2. The summed E-state index contributed by atoms with van der Waals surface area (Å²) in [6.45, 7) is 0. The zero-order valence-corrected chi connectivity index (χ0v) is 17.5. The molecule has 0 bridgehead atoms. The van der Waals surface area contributed by atoms with Crippen molar-refractivity contribution in [2.45, 2.75) is 6.42 Å². The van der Waals surface area contributed by atoms with Crippen LogP contribution in [0, 0.1) is 0 Å². The third-order valence-corrected chi connectivity index (χ3v) is 5.14. The summed E-state index contributed by atoms with van der Waals surface area (Å²) in [5.41, 5.74) is 9.01. The van der Waals surface area contributed by atoms with E-state index in [4.69, 9.17) is 10.2 Å². The highest BCUT2D eigenvalue weighted by molar-refractivity contribution is 5.90. The molecule has 0 spiro atoms. The summed E-state index contributed by atoms with van der Waals surface area (Å²) in [5, 5.41) is 8.53. The van der Waals surface area contributed by atoms with Gasteiger partial charge in [-0.2, -0.15) is 0 Å². The van der Waals surface area contributed by atoms with Crippen molar-refractivity contribution < 1.29 is 10.0 Å². The van der Waals surface area contributed by atoms with Crippen LogP contribution in [0.3, 0.4) is 0 Å². The van der Waals surface area contributed by atoms with Gasteiger partial charge >= 0.3 is 0 Å². The molecule has 0 aliphatic rings. The lowest BCUT2D eigenvalue weighted by atomic mass is 10.0. The number of rotatable bonds is 6. The Morgan fingerprint density at radius 3 is 2.42 bits per heavy atom. The molecule has 0 radical (unpaired) electrons. The van der Waals surface area contributed by atoms with Crippen LogP contribution in [0.2, 0.25) is 0 Å². The van der Waals surface area contributed by atoms with Crippen LogP contribution in [0.4, 0.5) is 5.69 Å². The number of benzene rings is 3. The van der Waals surface area contributed by atoms with E-state index in [0.717, 1.165) is 33.5 Å². The Kier molecular flexibility index (Phi) is 5.82. The monoisotopic (exact) mass is 412 g/mol. The van der Waals surface area contributed by atoms with Crippen molar-refractivity contribution in [3.05, 3.63) is 89.8 Å². The maximum Gasteiger partial charge on any atom is 0.267 e. The molecule has 0 saturated heterocycles. The first-order valence-electron chi connectivity index (χ1n) is 9.99. The van der Waals surface area contributed by atoms with E-state index in [1.54, 1.807) is 11.6 Å². The summed E-state index contributed by atoms with van der Waals surface area (Å²) in [4.78, 5) is 21.3. The van der Waals surface area contributed by atoms with Gasteiger partial charge in [-0.25, -0.2) is 10.5 Å². The van der Waals surface area contributed by atoms with Crippen molar-refractivity contribution in [2.75, 3.05) is 19.0 Å². The predicted molar refractivity (Wildman–Crippen MR) is 124 cm³/mol. The molecule has 0 atom stereocenters. The SMILES string of the molecule is CN(C)c1ccc(-c2ccc3nc(Cc4ccc(/C=C/C(=O)NO)cc4)[nH]c3c2)cc1. The second kappa shape index (κ2) is 8.85. The number of imidazole rings is 1. The van der Waals surface area contributed by atoms with Gasteiger partial charge in [0.05, 0.1) is 11.0 Å². The minimum Gasteiger partial charge on any atom is -0.378 e. The van der Waals surface area contributed by atoms with Crippen LogP contribution in [0.1, 0.15) is 17.0 Å². The van der Waals surface area contributed by atoms with Gasteiger partial charge in [0.1, 0.15) is 5.82 Å². The Bertz CT molecular complexity index is 1220. The second-order valence-electron chi connectivity index (χ2n) is 7.58. The lowest BCUT2D eigenvalue weighted by Crippen LogP contribution is -2.14. The van der Waals surface area contributed by atoms with Crippen molar-refractivity contribution in [1.82, 2.24) is 15.4 Å². The summed E-state index contributed by atoms with van der Waals surface area (Å²) < 4.78 is 0. The van der Waals surface area contributed by atoms with Gasteiger partial charge in [0.25, 0.3) is 5.91 Å². The van der Waals surface area contributed by atoms with Gasteiger partial charge in [0, 0.05) is 32.3 Å². The number of carbonyl (C=O) groups excluding carboxylic acids is 1. The minimum atomic E-state index is -0.556. The zero-order chi connectivity index (χ0) is 21.8. The van der Waals surface area contributed by atoms with E-state index in [1.807, 2.05) is 44.4 Å². The standard InChI is InChI=1S/C25H24N4O2/c1-29(2)21-11-8-19(9-12-21)20-10-13-22-23(16-20)27-24(26-22)15-18-5-3-17(4-6-18)7-14-25(30)28-31/h3-14,16,31H,15H2,1-2H3,(H,26,27)(H,28,30)/b14-7+. The Morgan fingerprint density at radius 1 is 1.03 bits per heavy atom. The number of nitrogens with one attached hydrogen (secondary N) is 2.